The van der Waals surface area contributed by atoms with Crippen LogP contribution in [-0.2, 0) is 9.59 Å². The van der Waals surface area contributed by atoms with Crippen molar-refractivity contribution in [1.29, 1.82) is 0 Å². The number of aromatic amines is 1. The van der Waals surface area contributed by atoms with Crippen LogP contribution in [0.5, 0.6) is 0 Å². The minimum absolute atomic E-state index is 0.306. The molecule has 0 fully saturated rings. The summed E-state index contributed by atoms with van der Waals surface area (Å²) in [6.07, 6.45) is 1.62. The second kappa shape index (κ2) is 4.58. The Labute approximate surface area is 99.7 Å². The highest BCUT2D eigenvalue weighted by Crippen LogP contribution is 2.16. The molecule has 7 heteroatoms. The van der Waals surface area contributed by atoms with Crippen LogP contribution < -0.4 is 11.1 Å². The summed E-state index contributed by atoms with van der Waals surface area (Å²) in [6.45, 7) is 0. The summed E-state index contributed by atoms with van der Waals surface area (Å²) in [5.41, 5.74) is 1.21. The van der Waals surface area contributed by atoms with Crippen molar-refractivity contribution in [2.75, 3.05) is 5.32 Å². The number of benzene rings is 1. The molecule has 92 valence electrons. The predicted octanol–water partition coefficient (Wildman–Crippen LogP) is 0.700. The quantitative estimate of drug-likeness (QED) is 0.692. The predicted molar refractivity (Wildman–Crippen MR) is 62.2 cm³/mol. The molecule has 1 aromatic heterocycles. The number of rotatable bonds is 3. The third-order valence-electron chi connectivity index (χ3n) is 2.07. The lowest BCUT2D eigenvalue weighted by Gasteiger charge is -2.00. The number of carboxylic acid groups (broad SMARTS) is 1. The monoisotopic (exact) mass is 248 g/mol. The molecule has 0 saturated carbocycles. The van der Waals surface area contributed by atoms with E-state index < -0.39 is 17.6 Å². The van der Waals surface area contributed by atoms with Gasteiger partial charge in [-0.3, -0.25) is 9.78 Å². The molecule has 0 bridgehead atoms. The second-order valence-corrected chi connectivity index (χ2v) is 3.39. The summed E-state index contributed by atoms with van der Waals surface area (Å²) in [7, 11) is 0. The summed E-state index contributed by atoms with van der Waals surface area (Å²) in [4.78, 5) is 34.9. The lowest BCUT2D eigenvalue weighted by atomic mass is 10.3. The summed E-state index contributed by atoms with van der Waals surface area (Å²) < 4.78 is 4.81. The number of carbonyl (C=O) groups excluding carboxylic acids is 1. The molecule has 1 amide bonds. The minimum Gasteiger partial charge on any atom is -0.478 e. The molecular formula is C11H8N2O5. The molecule has 0 atom stereocenters. The summed E-state index contributed by atoms with van der Waals surface area (Å²) in [5.74, 6) is -2.38. The van der Waals surface area contributed by atoms with Gasteiger partial charge in [-0.2, -0.15) is 0 Å². The van der Waals surface area contributed by atoms with Gasteiger partial charge in [0.05, 0.1) is 5.52 Å². The van der Waals surface area contributed by atoms with Crippen molar-refractivity contribution >= 4 is 28.7 Å². The van der Waals surface area contributed by atoms with Crippen molar-refractivity contribution in [1.82, 2.24) is 4.98 Å². The minimum atomic E-state index is -1.21. The van der Waals surface area contributed by atoms with E-state index in [1.165, 1.54) is 6.07 Å². The number of hydrogen-bond acceptors (Lipinski definition) is 4. The zero-order valence-electron chi connectivity index (χ0n) is 8.97. The van der Waals surface area contributed by atoms with Gasteiger partial charge in [0.15, 0.2) is 5.58 Å². The third-order valence-corrected chi connectivity index (χ3v) is 2.07. The topological polar surface area (TPSA) is 112 Å². The van der Waals surface area contributed by atoms with Crippen LogP contribution in [0.3, 0.4) is 0 Å². The molecule has 0 saturated heterocycles. The third kappa shape index (κ3) is 2.64. The van der Waals surface area contributed by atoms with Gasteiger partial charge in [0.25, 0.3) is 0 Å². The van der Waals surface area contributed by atoms with Crippen molar-refractivity contribution < 1.29 is 19.1 Å². The first-order chi connectivity index (χ1) is 8.54. The molecule has 0 spiro atoms. The number of carboxylic acids is 1. The van der Waals surface area contributed by atoms with E-state index in [0.717, 1.165) is 12.2 Å². The van der Waals surface area contributed by atoms with E-state index in [1.807, 2.05) is 0 Å². The number of aliphatic carboxylic acids is 1. The first-order valence-electron chi connectivity index (χ1n) is 4.89. The lowest BCUT2D eigenvalue weighted by molar-refractivity contribution is -0.131. The Morgan fingerprint density at radius 2 is 2.11 bits per heavy atom. The van der Waals surface area contributed by atoms with E-state index in [4.69, 9.17) is 9.52 Å². The fraction of sp³-hybridized carbons (Fsp3) is 0. The van der Waals surface area contributed by atoms with Crippen LogP contribution in [0.4, 0.5) is 5.69 Å². The maximum Gasteiger partial charge on any atom is 0.417 e. The zero-order valence-corrected chi connectivity index (χ0v) is 8.97. The number of H-pyrrole nitrogens is 1. The Hall–Kier alpha value is -2.83. The number of fused-ring (bicyclic) bond motifs is 1. The van der Waals surface area contributed by atoms with Gasteiger partial charge in [-0.1, -0.05) is 0 Å². The highest BCUT2D eigenvalue weighted by molar-refractivity contribution is 6.02. The molecular weight excluding hydrogens is 240 g/mol. The highest BCUT2D eigenvalue weighted by atomic mass is 16.4. The maximum atomic E-state index is 11.3. The number of nitrogens with one attached hydrogen (secondary N) is 2. The van der Waals surface area contributed by atoms with Crippen LogP contribution in [-0.4, -0.2) is 22.0 Å². The van der Waals surface area contributed by atoms with Gasteiger partial charge >= 0.3 is 11.7 Å². The molecule has 1 heterocycles. The van der Waals surface area contributed by atoms with E-state index >= 15 is 0 Å². The molecule has 0 aliphatic carbocycles. The zero-order chi connectivity index (χ0) is 13.1. The Bertz CT molecular complexity index is 695. The molecule has 2 rings (SSSR count). The van der Waals surface area contributed by atoms with Crippen molar-refractivity contribution in [3.63, 3.8) is 0 Å². The highest BCUT2D eigenvalue weighted by Gasteiger charge is 2.04. The average Bonchev–Trinajstić information content (AvgIpc) is 2.66. The molecule has 0 unspecified atom stereocenters. The van der Waals surface area contributed by atoms with Crippen LogP contribution in [0.25, 0.3) is 11.1 Å². The van der Waals surface area contributed by atoms with E-state index in [2.05, 4.69) is 10.3 Å². The molecule has 7 nitrogen and oxygen atoms in total. The average molecular weight is 248 g/mol. The number of amides is 1. The molecule has 3 N–H and O–H groups in total. The van der Waals surface area contributed by atoms with Gasteiger partial charge in [0.2, 0.25) is 5.91 Å². The van der Waals surface area contributed by atoms with Crippen molar-refractivity contribution in [2.45, 2.75) is 0 Å². The fourth-order valence-electron chi connectivity index (χ4n) is 1.35. The van der Waals surface area contributed by atoms with Crippen LogP contribution in [0.1, 0.15) is 0 Å². The summed E-state index contributed by atoms with van der Waals surface area (Å²) in [5, 5.41) is 10.8. The Balaban J connectivity index is 2.19. The summed E-state index contributed by atoms with van der Waals surface area (Å²) in [6, 6.07) is 4.58. The number of anilines is 1. The van der Waals surface area contributed by atoms with Gasteiger partial charge in [0.1, 0.15) is 0 Å². The van der Waals surface area contributed by atoms with Gasteiger partial charge in [-0.05, 0) is 12.1 Å². The standard InChI is InChI=1S/C11H8N2O5/c14-9(3-4-10(15)16)12-6-1-2-7-8(5-6)18-11(17)13-7/h1-5H,(H,12,14)(H,13,17)(H,15,16)/b4-3+. The molecule has 2 aromatic rings. The first kappa shape index (κ1) is 11.6. The number of aromatic nitrogens is 1. The molecule has 1 aromatic carbocycles. The van der Waals surface area contributed by atoms with E-state index in [9.17, 15) is 14.4 Å². The van der Waals surface area contributed by atoms with Crippen LogP contribution in [0.2, 0.25) is 0 Å². The SMILES string of the molecule is O=C(O)/C=C/C(=O)Nc1ccc2[nH]c(=O)oc2c1. The number of carbonyl (C=O) groups is 2. The van der Waals surface area contributed by atoms with Crippen LogP contribution >= 0.6 is 0 Å². The maximum absolute atomic E-state index is 11.3. The van der Waals surface area contributed by atoms with Crippen LogP contribution in [0.15, 0.2) is 39.6 Å². The summed E-state index contributed by atoms with van der Waals surface area (Å²) >= 11 is 0. The van der Waals surface area contributed by atoms with E-state index in [1.54, 1.807) is 12.1 Å². The van der Waals surface area contributed by atoms with Crippen LogP contribution in [0, 0.1) is 0 Å². The largest absolute Gasteiger partial charge is 0.478 e. The van der Waals surface area contributed by atoms with Gasteiger partial charge < -0.3 is 14.8 Å². The van der Waals surface area contributed by atoms with Gasteiger partial charge in [-0.25, -0.2) is 9.59 Å². The molecule has 0 aliphatic heterocycles. The molecule has 0 radical (unpaired) electrons. The number of oxazole rings is 1. The lowest BCUT2D eigenvalue weighted by Crippen LogP contribution is -2.08. The molecule has 0 aliphatic rings. The van der Waals surface area contributed by atoms with Gasteiger partial charge in [0, 0.05) is 23.9 Å². The first-order valence-corrected chi connectivity index (χ1v) is 4.89. The Kier molecular flexibility index (Phi) is 2.96. The van der Waals surface area contributed by atoms with Crippen molar-refractivity contribution in [3.05, 3.63) is 40.9 Å². The smallest absolute Gasteiger partial charge is 0.417 e. The fourth-order valence-corrected chi connectivity index (χ4v) is 1.35. The second-order valence-electron chi connectivity index (χ2n) is 3.39. The number of hydrogen-bond donors (Lipinski definition) is 3. The Morgan fingerprint density at radius 1 is 1.33 bits per heavy atom. The van der Waals surface area contributed by atoms with Crippen molar-refractivity contribution in [3.8, 4) is 0 Å². The van der Waals surface area contributed by atoms with E-state index in [0.29, 0.717) is 16.8 Å². The van der Waals surface area contributed by atoms with E-state index in [-0.39, 0.29) is 0 Å². The Morgan fingerprint density at radius 3 is 2.83 bits per heavy atom. The molecule has 18 heavy (non-hydrogen) atoms. The van der Waals surface area contributed by atoms with Gasteiger partial charge in [-0.15, -0.1) is 0 Å². The normalized spacial score (nSPS) is 10.9. The van der Waals surface area contributed by atoms with Crippen molar-refractivity contribution in [2.24, 2.45) is 0 Å².